The highest BCUT2D eigenvalue weighted by atomic mass is 19.1. The number of rotatable bonds is 5. The summed E-state index contributed by atoms with van der Waals surface area (Å²) in [5.41, 5.74) is 7.78. The number of hydrogen-bond donors (Lipinski definition) is 3. The molecule has 3 aliphatic rings. The van der Waals surface area contributed by atoms with Crippen molar-refractivity contribution in [3.8, 4) is 11.4 Å². The van der Waals surface area contributed by atoms with Gasteiger partial charge in [0.15, 0.2) is 5.60 Å². The van der Waals surface area contributed by atoms with Crippen LogP contribution in [0.4, 0.5) is 4.39 Å². The van der Waals surface area contributed by atoms with Crippen LogP contribution in [0.3, 0.4) is 0 Å². The van der Waals surface area contributed by atoms with Gasteiger partial charge in [-0.05, 0) is 48.9 Å². The fraction of sp³-hybridized carbons (Fsp3) is 0.407. The van der Waals surface area contributed by atoms with Crippen molar-refractivity contribution in [2.75, 3.05) is 13.3 Å². The molecule has 0 saturated carbocycles. The third-order valence-corrected chi connectivity index (χ3v) is 8.06. The Morgan fingerprint density at radius 1 is 1.34 bits per heavy atom. The number of halogens is 1. The van der Waals surface area contributed by atoms with Crippen LogP contribution in [0.2, 0.25) is 0 Å². The zero-order valence-corrected chi connectivity index (χ0v) is 21.0. The number of pyridine rings is 2. The minimum absolute atomic E-state index is 0.0310. The minimum atomic E-state index is -1.95. The lowest BCUT2D eigenvalue weighted by Gasteiger charge is -2.31. The molecule has 11 heteroatoms. The summed E-state index contributed by atoms with van der Waals surface area (Å²) in [6, 6.07) is 3.01. The Kier molecular flexibility index (Phi) is 5.64. The lowest BCUT2D eigenvalue weighted by atomic mass is 9.82. The summed E-state index contributed by atoms with van der Waals surface area (Å²) in [5.74, 6) is -1.52. The first-order valence-corrected chi connectivity index (χ1v) is 12.6. The number of esters is 1. The lowest BCUT2D eigenvalue weighted by Crippen LogP contribution is -2.44. The topological polar surface area (TPSA) is 146 Å². The van der Waals surface area contributed by atoms with Gasteiger partial charge in [-0.3, -0.25) is 9.59 Å². The number of ether oxygens (including phenoxy) is 2. The summed E-state index contributed by atoms with van der Waals surface area (Å²) in [7, 11) is 0. The van der Waals surface area contributed by atoms with E-state index >= 15 is 0 Å². The molecule has 38 heavy (non-hydrogen) atoms. The van der Waals surface area contributed by atoms with E-state index in [1.54, 1.807) is 24.5 Å². The third-order valence-electron chi connectivity index (χ3n) is 8.06. The maximum Gasteiger partial charge on any atom is 0.343 e. The molecule has 4 heterocycles. The molecule has 2 aliphatic heterocycles. The molecule has 0 unspecified atom stereocenters. The maximum atomic E-state index is 14.9. The smallest absolute Gasteiger partial charge is 0.343 e. The van der Waals surface area contributed by atoms with Gasteiger partial charge in [-0.15, -0.1) is 0 Å². The molecule has 10 nitrogen and oxygen atoms in total. The number of amides is 1. The van der Waals surface area contributed by atoms with Crippen LogP contribution in [0.1, 0.15) is 59.3 Å². The van der Waals surface area contributed by atoms with Crippen molar-refractivity contribution in [3.63, 3.8) is 0 Å². The van der Waals surface area contributed by atoms with Crippen LogP contribution in [0.5, 0.6) is 0 Å². The average Bonchev–Trinajstić information content (AvgIpc) is 3.28. The van der Waals surface area contributed by atoms with Crippen LogP contribution >= 0.6 is 0 Å². The van der Waals surface area contributed by atoms with Crippen LogP contribution in [-0.4, -0.2) is 39.8 Å². The number of aliphatic hydroxyl groups is 1. The fourth-order valence-electron chi connectivity index (χ4n) is 5.97. The molecule has 0 bridgehead atoms. The van der Waals surface area contributed by atoms with Gasteiger partial charge in [-0.2, -0.15) is 0 Å². The van der Waals surface area contributed by atoms with Crippen LogP contribution in [0.15, 0.2) is 16.9 Å². The predicted molar refractivity (Wildman–Crippen MR) is 133 cm³/mol. The van der Waals surface area contributed by atoms with Crippen molar-refractivity contribution in [2.45, 2.75) is 58.0 Å². The lowest BCUT2D eigenvalue weighted by molar-refractivity contribution is -0.172. The number of carbonyl (C=O) groups is 2. The Hall–Kier alpha value is -3.67. The van der Waals surface area contributed by atoms with Crippen LogP contribution < -0.4 is 16.6 Å². The molecule has 4 N–H and O–H groups in total. The molecule has 2 atom stereocenters. The van der Waals surface area contributed by atoms with Gasteiger partial charge in [-0.25, -0.2) is 14.2 Å². The molecule has 0 radical (unpaired) electrons. The van der Waals surface area contributed by atoms with Gasteiger partial charge in [-0.1, -0.05) is 6.92 Å². The van der Waals surface area contributed by atoms with Gasteiger partial charge in [0.2, 0.25) is 5.91 Å². The quantitative estimate of drug-likeness (QED) is 0.265. The highest BCUT2D eigenvalue weighted by Crippen LogP contribution is 2.46. The number of carbonyl (C=O) groups excluding carboxylic acids is 2. The number of nitrogens with zero attached hydrogens (tertiary/aromatic N) is 2. The van der Waals surface area contributed by atoms with Crippen LogP contribution in [0, 0.1) is 12.7 Å². The second kappa shape index (κ2) is 8.69. The van der Waals surface area contributed by atoms with Crippen molar-refractivity contribution in [1.29, 1.82) is 0 Å². The van der Waals surface area contributed by atoms with E-state index in [0.717, 1.165) is 22.1 Å². The standard InChI is InChI=1S/C27H27FN4O6/c1-3-27(36)16-6-19-24-14(9-32(19)25(34)15(16)10-37-26(27)35)23-20(38-11-30-21(33)8-29)5-4-13-12(2)17(28)7-18(31-24)22(13)23/h6-7,20,36H,3-5,8-11,29H2,1-2H3,(H,30,33)/t20-,27+/m1/s1. The molecule has 0 spiro atoms. The summed E-state index contributed by atoms with van der Waals surface area (Å²) in [6.07, 6.45) is 0.694. The Balaban J connectivity index is 1.57. The Morgan fingerprint density at radius 3 is 2.87 bits per heavy atom. The highest BCUT2D eigenvalue weighted by molar-refractivity contribution is 5.93. The predicted octanol–water partition coefficient (Wildman–Crippen LogP) is 1.56. The molecular formula is C27H27FN4O6. The molecule has 2 aromatic heterocycles. The Bertz CT molecular complexity index is 1620. The Labute approximate surface area is 216 Å². The van der Waals surface area contributed by atoms with E-state index in [4.69, 9.17) is 20.2 Å². The number of nitrogens with one attached hydrogen (secondary N) is 1. The van der Waals surface area contributed by atoms with Gasteiger partial charge in [0.05, 0.1) is 41.7 Å². The van der Waals surface area contributed by atoms with Crippen LogP contribution in [-0.2, 0) is 44.2 Å². The molecule has 198 valence electrons. The number of benzene rings is 1. The van der Waals surface area contributed by atoms with Crippen LogP contribution in [0.25, 0.3) is 22.3 Å². The minimum Gasteiger partial charge on any atom is -0.458 e. The molecular weight excluding hydrogens is 495 g/mol. The van der Waals surface area contributed by atoms with E-state index in [1.807, 2.05) is 0 Å². The maximum absolute atomic E-state index is 14.9. The van der Waals surface area contributed by atoms with Gasteiger partial charge in [0.1, 0.15) is 19.2 Å². The van der Waals surface area contributed by atoms with E-state index in [0.29, 0.717) is 35.3 Å². The molecule has 1 aliphatic carbocycles. The first-order valence-electron chi connectivity index (χ1n) is 12.6. The second-order valence-electron chi connectivity index (χ2n) is 9.95. The molecule has 0 fully saturated rings. The monoisotopic (exact) mass is 522 g/mol. The molecule has 1 aromatic carbocycles. The number of cyclic esters (lactones) is 1. The van der Waals surface area contributed by atoms with E-state index in [2.05, 4.69) is 5.32 Å². The Morgan fingerprint density at radius 2 is 2.13 bits per heavy atom. The number of hydrogen-bond acceptors (Lipinski definition) is 8. The summed E-state index contributed by atoms with van der Waals surface area (Å²) >= 11 is 0. The SMILES string of the molecule is CC[C@@]1(O)C(=O)OCc2c1cc1n(c2=O)Cc2c-1nc1cc(F)c(C)c3c1c2[C@H](OCNC(=O)CN)CC3. The summed E-state index contributed by atoms with van der Waals surface area (Å²) in [6.45, 7) is 3.12. The largest absolute Gasteiger partial charge is 0.458 e. The number of nitrogens with two attached hydrogens (primary N) is 1. The second-order valence-corrected chi connectivity index (χ2v) is 9.95. The zero-order valence-electron chi connectivity index (χ0n) is 21.0. The molecule has 0 saturated heterocycles. The molecule has 1 amide bonds. The third kappa shape index (κ3) is 3.35. The number of fused-ring (bicyclic) bond motifs is 5. The van der Waals surface area contributed by atoms with E-state index < -0.39 is 17.7 Å². The van der Waals surface area contributed by atoms with Gasteiger partial charge in [0, 0.05) is 22.6 Å². The fourth-order valence-corrected chi connectivity index (χ4v) is 5.97. The average molecular weight is 523 g/mol. The molecule has 6 rings (SSSR count). The van der Waals surface area contributed by atoms with Crippen molar-refractivity contribution >= 4 is 22.8 Å². The van der Waals surface area contributed by atoms with E-state index in [-0.39, 0.29) is 61.3 Å². The summed E-state index contributed by atoms with van der Waals surface area (Å²) in [4.78, 5) is 42.6. The van der Waals surface area contributed by atoms with E-state index in [9.17, 15) is 23.9 Å². The molecule has 3 aromatic rings. The number of aromatic nitrogens is 2. The van der Waals surface area contributed by atoms with Gasteiger partial charge < -0.3 is 30.2 Å². The van der Waals surface area contributed by atoms with Gasteiger partial charge >= 0.3 is 5.97 Å². The van der Waals surface area contributed by atoms with Crippen molar-refractivity contribution in [2.24, 2.45) is 5.73 Å². The van der Waals surface area contributed by atoms with Crippen molar-refractivity contribution < 1.29 is 28.6 Å². The first-order chi connectivity index (χ1) is 18.2. The van der Waals surface area contributed by atoms with Gasteiger partial charge in [0.25, 0.3) is 5.56 Å². The summed E-state index contributed by atoms with van der Waals surface area (Å²) in [5, 5.41) is 14.5. The first kappa shape index (κ1) is 24.7. The zero-order chi connectivity index (χ0) is 26.9. The van der Waals surface area contributed by atoms with Crippen molar-refractivity contribution in [3.05, 3.63) is 61.7 Å². The van der Waals surface area contributed by atoms with E-state index in [1.165, 1.54) is 6.07 Å². The number of aryl methyl sites for hydroxylation is 1. The van der Waals surface area contributed by atoms with Crippen molar-refractivity contribution in [1.82, 2.24) is 14.9 Å². The summed E-state index contributed by atoms with van der Waals surface area (Å²) < 4.78 is 27.7. The highest BCUT2D eigenvalue weighted by Gasteiger charge is 2.46. The normalized spacial score (nSPS) is 21.1.